The number of nitro benzene ring substituents is 1. The number of hydrogen-bond donors (Lipinski definition) is 2. The zero-order chi connectivity index (χ0) is 17.3. The van der Waals surface area contributed by atoms with Gasteiger partial charge in [-0.1, -0.05) is 15.9 Å². The summed E-state index contributed by atoms with van der Waals surface area (Å²) in [5, 5.41) is 17.1. The molecule has 1 aliphatic carbocycles. The van der Waals surface area contributed by atoms with Crippen LogP contribution >= 0.6 is 31.9 Å². The number of hydrogen-bond acceptors (Lipinski definition) is 4. The Balaban J connectivity index is 1.83. The van der Waals surface area contributed by atoms with Gasteiger partial charge in [-0.25, -0.2) is 0 Å². The van der Waals surface area contributed by atoms with Gasteiger partial charge in [0.15, 0.2) is 0 Å². The Morgan fingerprint density at radius 1 is 1.12 bits per heavy atom. The van der Waals surface area contributed by atoms with Crippen molar-refractivity contribution in [3.05, 3.63) is 61.0 Å². The van der Waals surface area contributed by atoms with Gasteiger partial charge in [0.2, 0.25) is 0 Å². The van der Waals surface area contributed by atoms with Crippen molar-refractivity contribution in [2.24, 2.45) is 0 Å². The molecule has 0 aliphatic heterocycles. The van der Waals surface area contributed by atoms with Gasteiger partial charge in [-0.3, -0.25) is 14.9 Å². The Hall–Kier alpha value is -1.93. The summed E-state index contributed by atoms with van der Waals surface area (Å²) >= 11 is 6.71. The molecule has 1 saturated carbocycles. The molecule has 2 aromatic rings. The number of halogens is 2. The van der Waals surface area contributed by atoms with Gasteiger partial charge in [0.25, 0.3) is 11.6 Å². The Bertz CT molecular complexity index is 822. The maximum absolute atomic E-state index is 12.4. The lowest BCUT2D eigenvalue weighted by atomic mass is 10.1. The standard InChI is InChI=1S/C16H13Br2N3O3/c17-10-2-6-13(12(18)8-10)20-16(22)9-1-5-14(19-11-3-4-11)15(7-9)21(23)24/h1-2,5-8,11,19H,3-4H2,(H,20,22). The minimum absolute atomic E-state index is 0.0931. The Labute approximate surface area is 155 Å². The van der Waals surface area contributed by atoms with E-state index in [9.17, 15) is 14.9 Å². The molecule has 0 saturated heterocycles. The van der Waals surface area contributed by atoms with Crippen LogP contribution in [-0.2, 0) is 0 Å². The zero-order valence-electron chi connectivity index (χ0n) is 12.4. The molecule has 2 N–H and O–H groups in total. The van der Waals surface area contributed by atoms with Crippen LogP contribution < -0.4 is 10.6 Å². The molecule has 0 bridgehead atoms. The smallest absolute Gasteiger partial charge is 0.293 e. The van der Waals surface area contributed by atoms with Gasteiger partial charge in [0, 0.05) is 26.6 Å². The van der Waals surface area contributed by atoms with Crippen LogP contribution in [0.15, 0.2) is 45.3 Å². The molecule has 0 spiro atoms. The first-order valence-electron chi connectivity index (χ1n) is 7.25. The van der Waals surface area contributed by atoms with Crippen molar-refractivity contribution >= 4 is 54.8 Å². The molecular formula is C16H13Br2N3O3. The monoisotopic (exact) mass is 453 g/mol. The molecular weight excluding hydrogens is 442 g/mol. The predicted molar refractivity (Wildman–Crippen MR) is 99.5 cm³/mol. The van der Waals surface area contributed by atoms with E-state index in [1.54, 1.807) is 30.3 Å². The highest BCUT2D eigenvalue weighted by Gasteiger charge is 2.25. The first-order valence-corrected chi connectivity index (χ1v) is 8.84. The average Bonchev–Trinajstić information content (AvgIpc) is 3.34. The lowest BCUT2D eigenvalue weighted by molar-refractivity contribution is -0.384. The summed E-state index contributed by atoms with van der Waals surface area (Å²) in [6.45, 7) is 0. The number of anilines is 2. The molecule has 1 fully saturated rings. The van der Waals surface area contributed by atoms with Crippen molar-refractivity contribution in [3.8, 4) is 0 Å². The van der Waals surface area contributed by atoms with E-state index >= 15 is 0 Å². The molecule has 0 radical (unpaired) electrons. The van der Waals surface area contributed by atoms with E-state index < -0.39 is 10.8 Å². The zero-order valence-corrected chi connectivity index (χ0v) is 15.6. The second-order valence-corrected chi connectivity index (χ2v) is 7.26. The normalized spacial score (nSPS) is 13.4. The van der Waals surface area contributed by atoms with Crippen LogP contribution in [0.25, 0.3) is 0 Å². The quantitative estimate of drug-likeness (QED) is 0.494. The number of rotatable bonds is 5. The van der Waals surface area contributed by atoms with Crippen molar-refractivity contribution in [2.75, 3.05) is 10.6 Å². The van der Waals surface area contributed by atoms with E-state index in [1.165, 1.54) is 6.07 Å². The Morgan fingerprint density at radius 2 is 1.83 bits per heavy atom. The molecule has 8 heteroatoms. The van der Waals surface area contributed by atoms with Crippen LogP contribution in [0, 0.1) is 10.1 Å². The van der Waals surface area contributed by atoms with E-state index in [0.29, 0.717) is 21.9 Å². The van der Waals surface area contributed by atoms with Crippen molar-refractivity contribution in [1.29, 1.82) is 0 Å². The topological polar surface area (TPSA) is 84.3 Å². The predicted octanol–water partition coefficient (Wildman–Crippen LogP) is 4.95. The maximum atomic E-state index is 12.4. The Morgan fingerprint density at radius 3 is 2.46 bits per heavy atom. The fraction of sp³-hybridized carbons (Fsp3) is 0.188. The van der Waals surface area contributed by atoms with Crippen molar-refractivity contribution in [3.63, 3.8) is 0 Å². The van der Waals surface area contributed by atoms with Crippen LogP contribution in [0.5, 0.6) is 0 Å². The lowest BCUT2D eigenvalue weighted by Gasteiger charge is -2.10. The van der Waals surface area contributed by atoms with Gasteiger partial charge >= 0.3 is 0 Å². The molecule has 3 rings (SSSR count). The van der Waals surface area contributed by atoms with Crippen LogP contribution in [-0.4, -0.2) is 16.9 Å². The number of carbonyl (C=O) groups excluding carboxylic acids is 1. The highest BCUT2D eigenvalue weighted by molar-refractivity contribution is 9.11. The molecule has 24 heavy (non-hydrogen) atoms. The molecule has 2 aromatic carbocycles. The van der Waals surface area contributed by atoms with Crippen LogP contribution in [0.3, 0.4) is 0 Å². The van der Waals surface area contributed by atoms with E-state index in [0.717, 1.165) is 17.3 Å². The Kier molecular flexibility index (Phi) is 4.86. The first-order chi connectivity index (χ1) is 11.4. The number of nitrogens with zero attached hydrogens (tertiary/aromatic N) is 1. The van der Waals surface area contributed by atoms with Gasteiger partial charge in [-0.05, 0) is 59.1 Å². The van der Waals surface area contributed by atoms with Gasteiger partial charge < -0.3 is 10.6 Å². The second-order valence-electron chi connectivity index (χ2n) is 5.49. The number of benzene rings is 2. The van der Waals surface area contributed by atoms with Crippen molar-refractivity contribution in [2.45, 2.75) is 18.9 Å². The third-order valence-corrected chi connectivity index (χ3v) is 4.72. The largest absolute Gasteiger partial charge is 0.377 e. The summed E-state index contributed by atoms with van der Waals surface area (Å²) in [7, 11) is 0. The van der Waals surface area contributed by atoms with Crippen LogP contribution in [0.1, 0.15) is 23.2 Å². The van der Waals surface area contributed by atoms with E-state index in [4.69, 9.17) is 0 Å². The van der Waals surface area contributed by atoms with Crippen molar-refractivity contribution < 1.29 is 9.72 Å². The summed E-state index contributed by atoms with van der Waals surface area (Å²) in [6, 6.07) is 10.1. The van der Waals surface area contributed by atoms with E-state index in [-0.39, 0.29) is 11.3 Å². The third kappa shape index (κ3) is 3.93. The molecule has 0 atom stereocenters. The second kappa shape index (κ2) is 6.90. The molecule has 124 valence electrons. The summed E-state index contributed by atoms with van der Waals surface area (Å²) in [5.74, 6) is -0.404. The minimum atomic E-state index is -0.475. The molecule has 1 aliphatic rings. The summed E-state index contributed by atoms with van der Waals surface area (Å²) in [6.07, 6.45) is 2.02. The van der Waals surface area contributed by atoms with E-state index in [1.807, 2.05) is 0 Å². The summed E-state index contributed by atoms with van der Waals surface area (Å²) in [4.78, 5) is 23.2. The molecule has 0 aromatic heterocycles. The lowest BCUT2D eigenvalue weighted by Crippen LogP contribution is -2.13. The average molecular weight is 455 g/mol. The SMILES string of the molecule is O=C(Nc1ccc(Br)cc1Br)c1ccc(NC2CC2)c([N+](=O)[O-])c1. The van der Waals surface area contributed by atoms with Crippen molar-refractivity contribution in [1.82, 2.24) is 0 Å². The van der Waals surface area contributed by atoms with Gasteiger partial charge in [-0.2, -0.15) is 0 Å². The number of nitrogens with one attached hydrogen (secondary N) is 2. The highest BCUT2D eigenvalue weighted by atomic mass is 79.9. The highest BCUT2D eigenvalue weighted by Crippen LogP contribution is 2.32. The molecule has 0 heterocycles. The van der Waals surface area contributed by atoms with Gasteiger partial charge in [0.1, 0.15) is 5.69 Å². The molecule has 0 unspecified atom stereocenters. The fourth-order valence-electron chi connectivity index (χ4n) is 2.18. The molecule has 1 amide bonds. The minimum Gasteiger partial charge on any atom is -0.377 e. The number of amides is 1. The first kappa shape index (κ1) is 16.9. The number of carbonyl (C=O) groups is 1. The molecule has 6 nitrogen and oxygen atoms in total. The summed E-state index contributed by atoms with van der Waals surface area (Å²) in [5.41, 5.74) is 1.18. The van der Waals surface area contributed by atoms with Crippen LogP contribution in [0.4, 0.5) is 17.1 Å². The maximum Gasteiger partial charge on any atom is 0.293 e. The third-order valence-electron chi connectivity index (χ3n) is 3.57. The summed E-state index contributed by atoms with van der Waals surface area (Å²) < 4.78 is 1.59. The fourth-order valence-corrected chi connectivity index (χ4v) is 3.33. The van der Waals surface area contributed by atoms with E-state index in [2.05, 4.69) is 42.5 Å². The van der Waals surface area contributed by atoms with Crippen LogP contribution in [0.2, 0.25) is 0 Å². The van der Waals surface area contributed by atoms with Gasteiger partial charge in [0.05, 0.1) is 10.6 Å². The number of nitro groups is 1. The van der Waals surface area contributed by atoms with Gasteiger partial charge in [-0.15, -0.1) is 0 Å².